The van der Waals surface area contributed by atoms with Gasteiger partial charge in [0, 0.05) is 0 Å². The maximum atomic E-state index is 5.11. The highest BCUT2D eigenvalue weighted by Crippen LogP contribution is 2.11. The summed E-state index contributed by atoms with van der Waals surface area (Å²) in [5, 5.41) is 0. The first-order valence-electron chi connectivity index (χ1n) is 5.49. The molecule has 0 unspecified atom stereocenters. The molecule has 16 heavy (non-hydrogen) atoms. The predicted molar refractivity (Wildman–Crippen MR) is 70.8 cm³/mol. The van der Waals surface area contributed by atoms with E-state index in [1.165, 1.54) is 38.3 Å². The summed E-state index contributed by atoms with van der Waals surface area (Å²) in [6.07, 6.45) is 5.21. The molecule has 1 aromatic rings. The van der Waals surface area contributed by atoms with Crippen LogP contribution in [0.25, 0.3) is 0 Å². The van der Waals surface area contributed by atoms with Gasteiger partial charge in [-0.2, -0.15) is 0 Å². The average molecular weight is 226 g/mol. The molecule has 0 fully saturated rings. The maximum Gasteiger partial charge on any atom is 0.125 e. The predicted octanol–water partition coefficient (Wildman–Crippen LogP) is 1.20. The zero-order valence-corrected chi connectivity index (χ0v) is 10.3. The molecule has 0 bridgehead atoms. The normalized spacial score (nSPS) is 8.62. The highest BCUT2D eigenvalue weighted by atomic mass is 16.5. The van der Waals surface area contributed by atoms with Crippen molar-refractivity contribution in [2.45, 2.75) is 32.4 Å². The van der Waals surface area contributed by atoms with Gasteiger partial charge in [-0.05, 0) is 12.1 Å². The van der Waals surface area contributed by atoms with Crippen LogP contribution in [-0.4, -0.2) is 25.3 Å². The number of hydrogen-bond donors (Lipinski definition) is 0. The summed E-state index contributed by atoms with van der Waals surface area (Å²) in [5.74, 6) is 0.947. The molecule has 4 heteroatoms. The summed E-state index contributed by atoms with van der Waals surface area (Å²) in [6, 6.07) is 8.39. The van der Waals surface area contributed by atoms with Crippen molar-refractivity contribution >= 4 is 7.28 Å². The summed E-state index contributed by atoms with van der Waals surface area (Å²) in [6.45, 7) is 2.24. The Morgan fingerprint density at radius 3 is 2.25 bits per heavy atom. The lowest BCUT2D eigenvalue weighted by Gasteiger charge is -2.02. The lowest BCUT2D eigenvalue weighted by Crippen LogP contribution is -1.96. The van der Waals surface area contributed by atoms with Crippen molar-refractivity contribution in [3.63, 3.8) is 0 Å². The van der Waals surface area contributed by atoms with Crippen LogP contribution < -0.4 is 4.74 Å². The average Bonchev–Trinajstić information content (AvgIpc) is 2.25. The first-order valence-corrected chi connectivity index (χ1v) is 5.49. The molecule has 4 N–H and O–H groups in total. The van der Waals surface area contributed by atoms with Crippen molar-refractivity contribution in [3.8, 4) is 5.75 Å². The first-order chi connectivity index (χ1) is 6.86. The number of methoxy groups -OCH3 is 1. The van der Waals surface area contributed by atoms with Crippen molar-refractivity contribution in [3.05, 3.63) is 29.8 Å². The van der Waals surface area contributed by atoms with Crippen molar-refractivity contribution in [1.29, 1.82) is 0 Å². The molecular formula is C12H23BO3. The molecule has 3 nitrogen and oxygen atoms in total. The van der Waals surface area contributed by atoms with Gasteiger partial charge in [0.05, 0.1) is 7.11 Å². The molecule has 1 rings (SSSR count). The minimum atomic E-state index is 0. The fourth-order valence-corrected chi connectivity index (χ4v) is 1.55. The molecule has 0 spiro atoms. The van der Waals surface area contributed by atoms with Gasteiger partial charge in [0.15, 0.2) is 0 Å². The fourth-order valence-electron chi connectivity index (χ4n) is 1.55. The lowest BCUT2D eigenvalue weighted by molar-refractivity contribution is 0.414. The summed E-state index contributed by atoms with van der Waals surface area (Å²) < 4.78 is 5.11. The van der Waals surface area contributed by atoms with Crippen molar-refractivity contribution in [1.82, 2.24) is 0 Å². The molecule has 0 saturated carbocycles. The molecule has 1 aromatic carbocycles. The number of unbranched alkanes of at least 4 members (excludes halogenated alkanes) is 1. The molecule has 0 aliphatic rings. The van der Waals surface area contributed by atoms with E-state index >= 15 is 0 Å². The number of ether oxygens (including phenoxy) is 1. The van der Waals surface area contributed by atoms with Gasteiger partial charge in [-0.1, -0.05) is 50.1 Å². The lowest BCUT2D eigenvalue weighted by atomic mass is 9.68. The van der Waals surface area contributed by atoms with Gasteiger partial charge < -0.3 is 15.7 Å². The van der Waals surface area contributed by atoms with E-state index in [1.54, 1.807) is 7.11 Å². The largest absolute Gasteiger partial charge is 0.497 e. The third-order valence-electron chi connectivity index (χ3n) is 2.48. The summed E-state index contributed by atoms with van der Waals surface area (Å²) in [4.78, 5) is 0. The quantitative estimate of drug-likeness (QED) is 0.530. The molecule has 92 valence electrons. The zero-order valence-electron chi connectivity index (χ0n) is 10.3. The smallest absolute Gasteiger partial charge is 0.125 e. The van der Waals surface area contributed by atoms with Crippen LogP contribution in [0, 0.1) is 0 Å². The molecule has 0 amide bonds. The maximum absolute atomic E-state index is 5.11. The summed E-state index contributed by atoms with van der Waals surface area (Å²) in [5.41, 5.74) is 1.42. The van der Waals surface area contributed by atoms with Gasteiger partial charge in [-0.25, -0.2) is 0 Å². The third kappa shape index (κ3) is 6.48. The van der Waals surface area contributed by atoms with Crippen LogP contribution in [0.5, 0.6) is 5.75 Å². The van der Waals surface area contributed by atoms with Gasteiger partial charge in [-0.15, -0.1) is 0 Å². The van der Waals surface area contributed by atoms with Gasteiger partial charge in [-0.3, -0.25) is 0 Å². The molecule has 0 aliphatic heterocycles. The topological polar surface area (TPSA) is 72.2 Å². The molecular weight excluding hydrogens is 203 g/mol. The van der Waals surface area contributed by atoms with E-state index in [2.05, 4.69) is 19.1 Å². The van der Waals surface area contributed by atoms with E-state index in [0.717, 1.165) is 5.75 Å². The Morgan fingerprint density at radius 1 is 1.12 bits per heavy atom. The Labute approximate surface area is 98.7 Å². The second-order valence-corrected chi connectivity index (χ2v) is 3.66. The van der Waals surface area contributed by atoms with Crippen LogP contribution in [0.3, 0.4) is 0 Å². The van der Waals surface area contributed by atoms with Crippen molar-refractivity contribution < 1.29 is 15.7 Å². The van der Waals surface area contributed by atoms with Gasteiger partial charge in [0.25, 0.3) is 0 Å². The fraction of sp³-hybridized carbons (Fsp3) is 0.500. The second-order valence-electron chi connectivity index (χ2n) is 3.66. The van der Waals surface area contributed by atoms with Gasteiger partial charge >= 0.3 is 0 Å². The number of rotatable bonds is 6. The van der Waals surface area contributed by atoms with Crippen LogP contribution in [0.15, 0.2) is 24.3 Å². The second kappa shape index (κ2) is 10.5. The van der Waals surface area contributed by atoms with Crippen LogP contribution in [-0.2, 0) is 6.32 Å². The van der Waals surface area contributed by atoms with E-state index < -0.39 is 0 Å². The molecule has 0 aromatic heterocycles. The van der Waals surface area contributed by atoms with E-state index in [9.17, 15) is 0 Å². The highest BCUT2D eigenvalue weighted by molar-refractivity contribution is 6.34. The Balaban J connectivity index is 0. The third-order valence-corrected chi connectivity index (χ3v) is 2.48. The van der Waals surface area contributed by atoms with Crippen molar-refractivity contribution in [2.24, 2.45) is 0 Å². The molecule has 0 saturated heterocycles. The Morgan fingerprint density at radius 2 is 1.75 bits per heavy atom. The Kier molecular flexibility index (Phi) is 11.4. The Bertz CT molecular complexity index is 249. The van der Waals surface area contributed by atoms with Gasteiger partial charge in [0.2, 0.25) is 0 Å². The van der Waals surface area contributed by atoms with E-state index in [0.29, 0.717) is 0 Å². The van der Waals surface area contributed by atoms with Crippen molar-refractivity contribution in [2.75, 3.05) is 7.11 Å². The molecule has 0 atom stereocenters. The molecule has 0 heterocycles. The molecule has 0 radical (unpaired) electrons. The highest BCUT2D eigenvalue weighted by Gasteiger charge is 1.95. The standard InChI is InChI=1S/C12H19BO.2H2O/c1-3-4-9-13-10-11-5-7-12(14-2)8-6-11;;/h5-8,13H,3-4,9-10H2,1-2H3;2*1H2. The first kappa shape index (κ1) is 17.4. The molecule has 0 aliphatic carbocycles. The summed E-state index contributed by atoms with van der Waals surface area (Å²) in [7, 11) is 3.01. The minimum Gasteiger partial charge on any atom is -0.497 e. The van der Waals surface area contributed by atoms with E-state index in [4.69, 9.17) is 4.74 Å². The Hall–Kier alpha value is -0.995. The van der Waals surface area contributed by atoms with E-state index in [1.807, 2.05) is 12.1 Å². The number of benzene rings is 1. The summed E-state index contributed by atoms with van der Waals surface area (Å²) >= 11 is 0. The van der Waals surface area contributed by atoms with Gasteiger partial charge in [0.1, 0.15) is 13.0 Å². The SMILES string of the molecule is CCCCBCc1ccc(OC)cc1.O.O. The van der Waals surface area contributed by atoms with E-state index in [-0.39, 0.29) is 11.0 Å². The monoisotopic (exact) mass is 226 g/mol. The van der Waals surface area contributed by atoms with Crippen LogP contribution in [0.2, 0.25) is 6.32 Å². The zero-order chi connectivity index (χ0) is 10.2. The number of hydrogen-bond acceptors (Lipinski definition) is 1. The van der Waals surface area contributed by atoms with Crippen LogP contribution in [0.1, 0.15) is 25.3 Å². The minimum absolute atomic E-state index is 0. The van der Waals surface area contributed by atoms with Crippen LogP contribution in [0.4, 0.5) is 0 Å². The van der Waals surface area contributed by atoms with Crippen LogP contribution >= 0.6 is 0 Å².